The second kappa shape index (κ2) is 11.7. The van der Waals surface area contributed by atoms with E-state index in [4.69, 9.17) is 5.11 Å². The zero-order chi connectivity index (χ0) is 38.9. The highest BCUT2D eigenvalue weighted by atomic mass is 35.5. The normalized spacial score (nSPS) is 20.6. The summed E-state index contributed by atoms with van der Waals surface area (Å²) in [5.74, 6) is -38.7. The molecule has 0 bridgehead atoms. The summed E-state index contributed by atoms with van der Waals surface area (Å²) >= 11 is 3.36. The van der Waals surface area contributed by atoms with Crippen molar-refractivity contribution in [3.05, 3.63) is 0 Å². The van der Waals surface area contributed by atoms with Gasteiger partial charge in [0.25, 0.3) is 0 Å². The maximum Gasteiger partial charge on any atom is 0.459 e. The van der Waals surface area contributed by atoms with Crippen molar-refractivity contribution in [1.29, 1.82) is 0 Å². The van der Waals surface area contributed by atoms with Crippen molar-refractivity contribution in [2.45, 2.75) is 77.9 Å². The van der Waals surface area contributed by atoms with E-state index in [-0.39, 0.29) is 0 Å². The van der Waals surface area contributed by atoms with E-state index in [1.165, 1.54) is 4.74 Å². The minimum absolute atomic E-state index is 0.939. The molecule has 0 aromatic carbocycles. The van der Waals surface area contributed by atoms with E-state index >= 15 is 0 Å². The van der Waals surface area contributed by atoms with Gasteiger partial charge in [-0.15, -0.1) is 0 Å². The maximum atomic E-state index is 14.3. The molecule has 0 saturated heterocycles. The number of alkyl halides is 27. The molecule has 0 aliphatic rings. The van der Waals surface area contributed by atoms with Crippen molar-refractivity contribution in [2.24, 2.45) is 0 Å². The van der Waals surface area contributed by atoms with Crippen LogP contribution in [0.1, 0.15) is 0 Å². The Kier molecular flexibility index (Phi) is 11.1. The highest BCUT2D eigenvalue weighted by Crippen LogP contribution is 2.61. The summed E-state index contributed by atoms with van der Waals surface area (Å²) in [7, 11) is 0. The Bertz CT molecular complexity index is 1120. The smallest absolute Gasteiger partial charge is 0.459 e. The van der Waals surface area contributed by atoms with Crippen LogP contribution in [0, 0.1) is 0 Å². The SMILES string of the molecule is O=C(O)C(F)(F)OC(F)(C(F)(F)F)C(F)(F)OC(F)(C(F)(F)F)C(F)(F)OC(F)(C(F)(F)F)C(F)(F)OC(F)(C(F)(F)F)C(F)(F)Cl. The second-order valence-electron chi connectivity index (χ2n) is 7.65. The summed E-state index contributed by atoms with van der Waals surface area (Å²) in [6.07, 6.45) is -67.3. The fourth-order valence-electron chi connectivity index (χ4n) is 2.07. The number of carbonyl (C=O) groups is 1. The minimum atomic E-state index is -9.08. The van der Waals surface area contributed by atoms with Crippen molar-refractivity contribution in [3.63, 3.8) is 0 Å². The van der Waals surface area contributed by atoms with Crippen LogP contribution in [0.15, 0.2) is 0 Å². The van der Waals surface area contributed by atoms with Crippen molar-refractivity contribution in [1.82, 2.24) is 0 Å². The van der Waals surface area contributed by atoms with Crippen LogP contribution in [0.2, 0.25) is 0 Å². The number of ether oxygens (including phenoxy) is 4. The van der Waals surface area contributed by atoms with Gasteiger partial charge in [0.15, 0.2) is 0 Å². The van der Waals surface area contributed by atoms with Crippen LogP contribution in [0.4, 0.5) is 114 Å². The van der Waals surface area contributed by atoms with Crippen LogP contribution >= 0.6 is 11.6 Å². The molecule has 4 unspecified atom stereocenters. The molecule has 0 aliphatic carbocycles. The lowest BCUT2D eigenvalue weighted by Crippen LogP contribution is -2.72. The molecule has 0 saturated carbocycles. The van der Waals surface area contributed by atoms with Crippen LogP contribution in [0.3, 0.4) is 0 Å². The average Bonchev–Trinajstić information content (AvgIpc) is 2.73. The number of halogens is 27. The van der Waals surface area contributed by atoms with Gasteiger partial charge < -0.3 is 5.11 Å². The predicted molar refractivity (Wildman–Crippen MR) is 82.1 cm³/mol. The van der Waals surface area contributed by atoms with Crippen LogP contribution in [0.5, 0.6) is 0 Å². The lowest BCUT2D eigenvalue weighted by Gasteiger charge is -2.43. The van der Waals surface area contributed by atoms with Crippen molar-refractivity contribution < 1.29 is 143 Å². The van der Waals surface area contributed by atoms with Gasteiger partial charge in [0.1, 0.15) is 0 Å². The highest BCUT2D eigenvalue weighted by Gasteiger charge is 2.89. The number of hydrogen-bond acceptors (Lipinski definition) is 5. The molecular weight excluding hydrogens is 794 g/mol. The van der Waals surface area contributed by atoms with E-state index in [0.717, 1.165) is 14.2 Å². The molecule has 0 rings (SSSR count). The molecule has 0 heterocycles. The van der Waals surface area contributed by atoms with E-state index in [1.54, 1.807) is 0 Å². The number of rotatable bonds is 13. The Balaban J connectivity index is 7.60. The van der Waals surface area contributed by atoms with E-state index in [2.05, 4.69) is 11.6 Å². The first kappa shape index (κ1) is 44.8. The summed E-state index contributed by atoms with van der Waals surface area (Å²) in [5.41, 5.74) is 0. The van der Waals surface area contributed by atoms with Gasteiger partial charge in [0.05, 0.1) is 0 Å². The summed E-state index contributed by atoms with van der Waals surface area (Å²) in [4.78, 5) is 10.1. The van der Waals surface area contributed by atoms with E-state index in [1.807, 2.05) is 0 Å². The Hall–Kier alpha value is -2.22. The van der Waals surface area contributed by atoms with Gasteiger partial charge in [-0.05, 0) is 11.6 Å². The topological polar surface area (TPSA) is 74.2 Å². The fourth-order valence-corrected chi connectivity index (χ4v) is 2.22. The van der Waals surface area contributed by atoms with Gasteiger partial charge in [-0.3, -0.25) is 18.9 Å². The summed E-state index contributed by atoms with van der Waals surface area (Å²) in [6, 6.07) is 0. The largest absolute Gasteiger partial charge is 0.475 e. The second-order valence-corrected chi connectivity index (χ2v) is 8.13. The number of aliphatic carboxylic acids is 1. The summed E-state index contributed by atoms with van der Waals surface area (Å²) in [6.45, 7) is 0. The van der Waals surface area contributed by atoms with E-state index in [0.29, 0.717) is 0 Å². The molecule has 1 N–H and O–H groups in total. The molecule has 0 spiro atoms. The lowest BCUT2D eigenvalue weighted by atomic mass is 10.2. The quantitative estimate of drug-likeness (QED) is 0.150. The Morgan fingerprint density at radius 1 is 0.383 bits per heavy atom. The molecule has 0 radical (unpaired) electrons. The van der Waals surface area contributed by atoms with Gasteiger partial charge >= 0.3 is 83.9 Å². The standard InChI is InChI=1S/C14HClF26O6/c15-7(22,23)3(18,8(24,25)26)45-13(38,39)5(20,10(30,31)32)47-14(40,41)6(21,11(33,34)35)46-12(36,37)4(19,9(27,28)29)44-2(16,17)1(42)43/h(H,42,43). The Morgan fingerprint density at radius 2 is 0.574 bits per heavy atom. The molecule has 0 aromatic heterocycles. The first-order valence-electron chi connectivity index (χ1n) is 9.41. The van der Waals surface area contributed by atoms with Crippen molar-refractivity contribution in [3.8, 4) is 0 Å². The molecule has 4 atom stereocenters. The van der Waals surface area contributed by atoms with Gasteiger partial charge in [0, 0.05) is 0 Å². The Labute approximate surface area is 240 Å². The van der Waals surface area contributed by atoms with Gasteiger partial charge in [-0.25, -0.2) is 4.79 Å². The summed E-state index contributed by atoms with van der Waals surface area (Å²) in [5, 5.41) is 0.571. The highest BCUT2D eigenvalue weighted by molar-refractivity contribution is 6.22. The third-order valence-corrected chi connectivity index (χ3v) is 4.51. The first-order chi connectivity index (χ1) is 19.8. The Morgan fingerprint density at radius 3 is 0.745 bits per heavy atom. The number of hydrogen-bond donors (Lipinski definition) is 1. The van der Waals surface area contributed by atoms with Crippen molar-refractivity contribution in [2.75, 3.05) is 0 Å². The van der Waals surface area contributed by atoms with Crippen LogP contribution in [-0.4, -0.2) is 89.0 Å². The average molecular weight is 795 g/mol. The molecular formula is C14HClF26O6. The lowest BCUT2D eigenvalue weighted by molar-refractivity contribution is -0.589. The van der Waals surface area contributed by atoms with Crippen molar-refractivity contribution >= 4 is 17.6 Å². The third-order valence-electron chi connectivity index (χ3n) is 4.27. The van der Waals surface area contributed by atoms with E-state index < -0.39 is 83.9 Å². The van der Waals surface area contributed by atoms with Crippen LogP contribution < -0.4 is 0 Å². The number of carboxylic acids is 1. The molecule has 0 aliphatic heterocycles. The van der Waals surface area contributed by atoms with Crippen LogP contribution in [0.25, 0.3) is 0 Å². The molecule has 0 aromatic rings. The molecule has 33 heteroatoms. The molecule has 6 nitrogen and oxygen atoms in total. The minimum Gasteiger partial charge on any atom is -0.475 e. The van der Waals surface area contributed by atoms with Gasteiger partial charge in [-0.1, -0.05) is 0 Å². The zero-order valence-corrected chi connectivity index (χ0v) is 20.4. The molecule has 282 valence electrons. The third kappa shape index (κ3) is 7.68. The van der Waals surface area contributed by atoms with Crippen LogP contribution in [-0.2, 0) is 23.7 Å². The van der Waals surface area contributed by atoms with E-state index in [9.17, 15) is 119 Å². The summed E-state index contributed by atoms with van der Waals surface area (Å²) < 4.78 is 349. The molecule has 0 amide bonds. The zero-order valence-electron chi connectivity index (χ0n) is 19.7. The fraction of sp³-hybridized carbons (Fsp3) is 0.929. The van der Waals surface area contributed by atoms with Gasteiger partial charge in [0.2, 0.25) is 0 Å². The predicted octanol–water partition coefficient (Wildman–Crippen LogP) is 8.25. The molecule has 0 fully saturated rings. The van der Waals surface area contributed by atoms with Gasteiger partial charge in [-0.2, -0.15) is 114 Å². The molecule has 47 heavy (non-hydrogen) atoms. The number of carboxylic acid groups (broad SMARTS) is 1. The monoisotopic (exact) mass is 794 g/mol. The first-order valence-corrected chi connectivity index (χ1v) is 9.79. The maximum absolute atomic E-state index is 14.3.